The van der Waals surface area contributed by atoms with Crippen molar-refractivity contribution in [1.29, 1.82) is 0 Å². The Hall–Kier alpha value is -2.92. The zero-order valence-corrected chi connectivity index (χ0v) is 42.3. The van der Waals surface area contributed by atoms with Gasteiger partial charge in [-0.1, -0.05) is 215 Å². The maximum atomic E-state index is 12.8. The number of hydrogen-bond donors (Lipinski definition) is 0. The second-order valence-corrected chi connectivity index (χ2v) is 17.7. The van der Waals surface area contributed by atoms with E-state index in [-0.39, 0.29) is 25.2 Å². The summed E-state index contributed by atoms with van der Waals surface area (Å²) in [6, 6.07) is 0. The van der Waals surface area contributed by atoms with Gasteiger partial charge in [0.25, 0.3) is 0 Å². The normalized spacial score (nSPS) is 12.9. The molecule has 1 atom stereocenters. The highest BCUT2D eigenvalue weighted by Crippen LogP contribution is 2.14. The summed E-state index contributed by atoms with van der Waals surface area (Å²) in [5.41, 5.74) is 0. The number of rotatable bonds is 49. The van der Waals surface area contributed by atoms with Crippen LogP contribution in [0.1, 0.15) is 252 Å². The second-order valence-electron chi connectivity index (χ2n) is 17.7. The highest BCUT2D eigenvalue weighted by Gasteiger charge is 2.17. The van der Waals surface area contributed by atoms with Crippen LogP contribution in [-0.4, -0.2) is 37.9 Å². The van der Waals surface area contributed by atoms with Crippen molar-refractivity contribution in [3.8, 4) is 0 Å². The summed E-state index contributed by atoms with van der Waals surface area (Å²) in [6.07, 6.45) is 71.7. The van der Waals surface area contributed by atoms with Crippen LogP contribution in [-0.2, 0) is 23.8 Å². The van der Waals surface area contributed by atoms with Crippen LogP contribution in [0.25, 0.3) is 0 Å². The monoisotopic (exact) mass is 891 g/mol. The molecule has 5 nitrogen and oxygen atoms in total. The van der Waals surface area contributed by atoms with Crippen LogP contribution < -0.4 is 0 Å². The smallest absolute Gasteiger partial charge is 0.306 e. The molecule has 0 rings (SSSR count). The number of allylic oxidation sites excluding steroid dienone is 14. The average molecular weight is 891 g/mol. The molecule has 64 heavy (non-hydrogen) atoms. The summed E-state index contributed by atoms with van der Waals surface area (Å²) in [5.74, 6) is -0.436. The third kappa shape index (κ3) is 51.7. The number of carbonyl (C=O) groups is 2. The molecule has 0 amide bonds. The Bertz CT molecular complexity index is 1190. The minimum Gasteiger partial charge on any atom is -0.462 e. The van der Waals surface area contributed by atoms with Crippen LogP contribution in [0.15, 0.2) is 85.1 Å². The number of carbonyl (C=O) groups excluding carboxylic acids is 2. The molecular formula is C59H102O5. The van der Waals surface area contributed by atoms with Gasteiger partial charge in [0, 0.05) is 19.4 Å². The van der Waals surface area contributed by atoms with E-state index in [0.29, 0.717) is 19.4 Å². The van der Waals surface area contributed by atoms with Gasteiger partial charge in [0.15, 0.2) is 6.10 Å². The molecule has 0 heterocycles. The molecule has 0 aliphatic heterocycles. The molecule has 0 aromatic carbocycles. The Labute approximate surface area is 397 Å². The predicted molar refractivity (Wildman–Crippen MR) is 279 cm³/mol. The van der Waals surface area contributed by atoms with Crippen LogP contribution in [0.3, 0.4) is 0 Å². The topological polar surface area (TPSA) is 61.8 Å². The van der Waals surface area contributed by atoms with E-state index >= 15 is 0 Å². The summed E-state index contributed by atoms with van der Waals surface area (Å²) < 4.78 is 17.4. The Balaban J connectivity index is 4.32. The maximum absolute atomic E-state index is 12.8. The first-order valence-corrected chi connectivity index (χ1v) is 27.1. The van der Waals surface area contributed by atoms with Gasteiger partial charge in [-0.2, -0.15) is 0 Å². The average Bonchev–Trinajstić information content (AvgIpc) is 3.30. The van der Waals surface area contributed by atoms with Crippen molar-refractivity contribution in [2.75, 3.05) is 19.8 Å². The molecule has 0 aliphatic carbocycles. The number of hydrogen-bond acceptors (Lipinski definition) is 5. The van der Waals surface area contributed by atoms with E-state index in [1.54, 1.807) is 0 Å². The molecule has 0 aromatic rings. The molecular weight excluding hydrogens is 789 g/mol. The van der Waals surface area contributed by atoms with E-state index in [1.165, 1.54) is 116 Å². The minimum atomic E-state index is -0.558. The lowest BCUT2D eigenvalue weighted by Crippen LogP contribution is -2.30. The molecule has 0 fully saturated rings. The lowest BCUT2D eigenvalue weighted by Gasteiger charge is -2.18. The van der Waals surface area contributed by atoms with Crippen molar-refractivity contribution < 1.29 is 23.8 Å². The molecule has 0 N–H and O–H groups in total. The van der Waals surface area contributed by atoms with Crippen molar-refractivity contribution in [3.63, 3.8) is 0 Å². The van der Waals surface area contributed by atoms with E-state index in [9.17, 15) is 9.59 Å². The summed E-state index contributed by atoms with van der Waals surface area (Å²) in [4.78, 5) is 25.4. The van der Waals surface area contributed by atoms with Gasteiger partial charge in [-0.05, 0) is 109 Å². The van der Waals surface area contributed by atoms with Gasteiger partial charge in [-0.15, -0.1) is 0 Å². The van der Waals surface area contributed by atoms with Crippen molar-refractivity contribution in [2.45, 2.75) is 258 Å². The molecule has 0 bridgehead atoms. The van der Waals surface area contributed by atoms with Gasteiger partial charge >= 0.3 is 11.9 Å². The molecule has 0 saturated carbocycles. The molecule has 0 spiro atoms. The standard InChI is InChI=1S/C59H102O5/c1-4-7-10-13-16-19-22-25-28-29-30-33-36-39-42-45-48-51-54-62-55-57(64-59(61)53-50-47-44-41-38-35-32-27-24-21-18-15-12-9-6-3)56-63-58(60)52-49-46-43-40-37-34-31-26-23-20-17-14-11-8-5-2/h8-9,11-12,17-18,20-21,25-28,31-32,57H,4-7,10,13-16,19,22-24,29-30,33-56H2,1-3H3/b11-8-,12-9-,20-17-,21-18-,28-25-,31-26-,32-27-. The first-order chi connectivity index (χ1) is 31.6. The summed E-state index contributed by atoms with van der Waals surface area (Å²) >= 11 is 0. The van der Waals surface area contributed by atoms with E-state index in [1.807, 2.05) is 0 Å². The van der Waals surface area contributed by atoms with E-state index in [4.69, 9.17) is 14.2 Å². The molecule has 0 aliphatic rings. The molecule has 368 valence electrons. The van der Waals surface area contributed by atoms with Gasteiger partial charge in [-0.3, -0.25) is 9.59 Å². The Morgan fingerprint density at radius 3 is 1.14 bits per heavy atom. The van der Waals surface area contributed by atoms with Gasteiger partial charge in [0.2, 0.25) is 0 Å². The maximum Gasteiger partial charge on any atom is 0.306 e. The van der Waals surface area contributed by atoms with Crippen LogP contribution in [0.5, 0.6) is 0 Å². The minimum absolute atomic E-state index is 0.0651. The predicted octanol–water partition coefficient (Wildman–Crippen LogP) is 18.5. The highest BCUT2D eigenvalue weighted by atomic mass is 16.6. The SMILES string of the molecule is CC/C=C\C/C=C\C/C=C\CCCCCCCC(=O)OCC(COCCCCCCCCCC/C=C\CCCCCCCC)OC(=O)CCCCCCC/C=C\C/C=C\C/C=C\CC. The highest BCUT2D eigenvalue weighted by molar-refractivity contribution is 5.70. The number of unbranched alkanes of at least 4 members (excludes halogenated alkanes) is 24. The first-order valence-electron chi connectivity index (χ1n) is 27.1. The van der Waals surface area contributed by atoms with Gasteiger partial charge in [0.1, 0.15) is 6.61 Å². The zero-order chi connectivity index (χ0) is 46.3. The fraction of sp³-hybridized carbons (Fsp3) is 0.729. The second kappa shape index (κ2) is 54.4. The van der Waals surface area contributed by atoms with Gasteiger partial charge < -0.3 is 14.2 Å². The largest absolute Gasteiger partial charge is 0.462 e. The lowest BCUT2D eigenvalue weighted by atomic mass is 10.1. The lowest BCUT2D eigenvalue weighted by molar-refractivity contribution is -0.163. The zero-order valence-electron chi connectivity index (χ0n) is 42.3. The third-order valence-corrected chi connectivity index (χ3v) is 11.4. The molecule has 5 heteroatoms. The first kappa shape index (κ1) is 61.1. The molecule has 1 unspecified atom stereocenters. The summed E-state index contributed by atoms with van der Waals surface area (Å²) in [7, 11) is 0. The van der Waals surface area contributed by atoms with Crippen LogP contribution in [0.2, 0.25) is 0 Å². The summed E-state index contributed by atoms with van der Waals surface area (Å²) in [5, 5.41) is 0. The van der Waals surface area contributed by atoms with Crippen LogP contribution >= 0.6 is 0 Å². The summed E-state index contributed by atoms with van der Waals surface area (Å²) in [6.45, 7) is 7.57. The fourth-order valence-corrected chi connectivity index (χ4v) is 7.42. The number of ether oxygens (including phenoxy) is 3. The Kier molecular flexibility index (Phi) is 51.9. The van der Waals surface area contributed by atoms with E-state index in [0.717, 1.165) is 103 Å². The van der Waals surface area contributed by atoms with Crippen molar-refractivity contribution in [2.24, 2.45) is 0 Å². The van der Waals surface area contributed by atoms with Gasteiger partial charge in [0.05, 0.1) is 6.61 Å². The van der Waals surface area contributed by atoms with Crippen molar-refractivity contribution in [3.05, 3.63) is 85.1 Å². The van der Waals surface area contributed by atoms with Crippen LogP contribution in [0, 0.1) is 0 Å². The Morgan fingerprint density at radius 1 is 0.359 bits per heavy atom. The van der Waals surface area contributed by atoms with Crippen LogP contribution in [0.4, 0.5) is 0 Å². The molecule has 0 radical (unpaired) electrons. The van der Waals surface area contributed by atoms with Crippen molar-refractivity contribution in [1.82, 2.24) is 0 Å². The van der Waals surface area contributed by atoms with Gasteiger partial charge in [-0.25, -0.2) is 0 Å². The molecule has 0 aromatic heterocycles. The Morgan fingerprint density at radius 2 is 0.703 bits per heavy atom. The van der Waals surface area contributed by atoms with E-state index < -0.39 is 6.10 Å². The van der Waals surface area contributed by atoms with E-state index in [2.05, 4.69) is 106 Å². The molecule has 0 saturated heterocycles. The van der Waals surface area contributed by atoms with Crippen molar-refractivity contribution >= 4 is 11.9 Å². The fourth-order valence-electron chi connectivity index (χ4n) is 7.42. The number of esters is 2. The third-order valence-electron chi connectivity index (χ3n) is 11.4. The quantitative estimate of drug-likeness (QED) is 0.0346.